The number of likely N-dealkylation sites (tertiary alicyclic amines) is 1. The minimum absolute atomic E-state index is 0.118. The van der Waals surface area contributed by atoms with Gasteiger partial charge < -0.3 is 15.5 Å². The number of rotatable bonds is 6. The second-order valence-corrected chi connectivity index (χ2v) is 6.39. The normalized spacial score (nSPS) is 17.1. The Morgan fingerprint density at radius 3 is 2.71 bits per heavy atom. The molecule has 0 bridgehead atoms. The monoisotopic (exact) mass is 338 g/mol. The van der Waals surface area contributed by atoms with Crippen molar-refractivity contribution in [2.75, 3.05) is 33.2 Å². The van der Waals surface area contributed by atoms with Gasteiger partial charge in [0.1, 0.15) is 11.6 Å². The Balaban J connectivity index is 1.83. The summed E-state index contributed by atoms with van der Waals surface area (Å²) in [6, 6.07) is 3.45. The minimum Gasteiger partial charge on any atom is -0.357 e. The van der Waals surface area contributed by atoms with Crippen LogP contribution < -0.4 is 10.6 Å². The van der Waals surface area contributed by atoms with Crippen LogP contribution in [0.25, 0.3) is 0 Å². The summed E-state index contributed by atoms with van der Waals surface area (Å²) in [7, 11) is 2.16. The number of piperidine rings is 1. The van der Waals surface area contributed by atoms with Crippen LogP contribution in [0.4, 0.5) is 8.78 Å². The highest BCUT2D eigenvalue weighted by Crippen LogP contribution is 2.18. The Morgan fingerprint density at radius 2 is 2.00 bits per heavy atom. The molecule has 0 amide bonds. The third kappa shape index (κ3) is 6.07. The molecule has 0 aromatic heterocycles. The van der Waals surface area contributed by atoms with Gasteiger partial charge >= 0.3 is 0 Å². The van der Waals surface area contributed by atoms with Gasteiger partial charge in [-0.2, -0.15) is 0 Å². The molecule has 2 rings (SSSR count). The maximum absolute atomic E-state index is 13.7. The Labute approximate surface area is 143 Å². The van der Waals surface area contributed by atoms with Crippen LogP contribution in [0.3, 0.4) is 0 Å². The molecule has 1 heterocycles. The molecule has 0 saturated carbocycles. The lowest BCUT2D eigenvalue weighted by Gasteiger charge is -2.29. The van der Waals surface area contributed by atoms with E-state index in [0.29, 0.717) is 5.96 Å². The number of hydrogen-bond donors (Lipinski definition) is 2. The Morgan fingerprint density at radius 1 is 1.25 bits per heavy atom. The van der Waals surface area contributed by atoms with E-state index in [1.165, 1.54) is 18.9 Å². The van der Waals surface area contributed by atoms with Gasteiger partial charge in [-0.3, -0.25) is 0 Å². The molecule has 1 aromatic rings. The summed E-state index contributed by atoms with van der Waals surface area (Å²) in [4.78, 5) is 6.72. The molecule has 0 radical (unpaired) electrons. The zero-order valence-corrected chi connectivity index (χ0v) is 14.6. The van der Waals surface area contributed by atoms with E-state index in [-0.39, 0.29) is 12.1 Å². The van der Waals surface area contributed by atoms with Crippen LogP contribution in [0, 0.1) is 17.6 Å². The number of nitrogens with one attached hydrogen (secondary N) is 2. The zero-order valence-electron chi connectivity index (χ0n) is 14.6. The number of hydrogen-bond acceptors (Lipinski definition) is 2. The van der Waals surface area contributed by atoms with Crippen molar-refractivity contribution >= 4 is 5.96 Å². The number of aliphatic imine (C=N–C) groups is 1. The van der Waals surface area contributed by atoms with Crippen LogP contribution in [0.15, 0.2) is 23.2 Å². The highest BCUT2D eigenvalue weighted by molar-refractivity contribution is 5.79. The molecule has 1 fully saturated rings. The second kappa shape index (κ2) is 9.57. The molecule has 0 spiro atoms. The first-order valence-corrected chi connectivity index (χ1v) is 8.73. The van der Waals surface area contributed by atoms with Crippen LogP contribution in [0.5, 0.6) is 0 Å². The average Bonchev–Trinajstić information content (AvgIpc) is 2.57. The van der Waals surface area contributed by atoms with E-state index in [1.807, 2.05) is 6.92 Å². The summed E-state index contributed by atoms with van der Waals surface area (Å²) < 4.78 is 26.9. The fourth-order valence-corrected chi connectivity index (χ4v) is 2.92. The predicted molar refractivity (Wildman–Crippen MR) is 94.0 cm³/mol. The first kappa shape index (κ1) is 18.6. The maximum atomic E-state index is 13.7. The third-order valence-electron chi connectivity index (χ3n) is 4.44. The van der Waals surface area contributed by atoms with Crippen molar-refractivity contribution < 1.29 is 8.78 Å². The van der Waals surface area contributed by atoms with Crippen molar-refractivity contribution in [3.05, 3.63) is 35.4 Å². The molecule has 6 heteroatoms. The highest BCUT2D eigenvalue weighted by Gasteiger charge is 2.16. The van der Waals surface area contributed by atoms with Crippen molar-refractivity contribution in [1.29, 1.82) is 0 Å². The van der Waals surface area contributed by atoms with Crippen molar-refractivity contribution in [1.82, 2.24) is 15.5 Å². The summed E-state index contributed by atoms with van der Waals surface area (Å²) in [6.45, 7) is 6.00. The van der Waals surface area contributed by atoms with Crippen LogP contribution in [-0.2, 0) is 6.54 Å². The van der Waals surface area contributed by atoms with Crippen LogP contribution in [-0.4, -0.2) is 44.1 Å². The predicted octanol–water partition coefficient (Wildman–Crippen LogP) is 2.75. The van der Waals surface area contributed by atoms with Gasteiger partial charge in [-0.25, -0.2) is 13.8 Å². The number of guanidine groups is 1. The maximum Gasteiger partial charge on any atom is 0.191 e. The Kier molecular flexibility index (Phi) is 7.43. The third-order valence-corrected chi connectivity index (χ3v) is 4.44. The van der Waals surface area contributed by atoms with E-state index in [0.717, 1.165) is 50.7 Å². The van der Waals surface area contributed by atoms with Crippen molar-refractivity contribution in [3.8, 4) is 0 Å². The minimum atomic E-state index is -0.443. The second-order valence-electron chi connectivity index (χ2n) is 6.39. The van der Waals surface area contributed by atoms with E-state index in [1.54, 1.807) is 0 Å². The number of nitrogens with zero attached hydrogens (tertiary/aromatic N) is 2. The van der Waals surface area contributed by atoms with Crippen molar-refractivity contribution in [3.63, 3.8) is 0 Å². The Bertz CT molecular complexity index is 540. The molecule has 1 aromatic carbocycles. The zero-order chi connectivity index (χ0) is 17.4. The molecule has 0 atom stereocenters. The van der Waals surface area contributed by atoms with E-state index in [9.17, 15) is 8.78 Å². The fourth-order valence-electron chi connectivity index (χ4n) is 2.92. The van der Waals surface area contributed by atoms with Gasteiger partial charge in [-0.05, 0) is 70.4 Å². The summed E-state index contributed by atoms with van der Waals surface area (Å²) in [5.74, 6) is 0.524. The van der Waals surface area contributed by atoms with Crippen LogP contribution in [0.1, 0.15) is 31.7 Å². The molecule has 134 valence electrons. The fraction of sp³-hybridized carbons (Fsp3) is 0.611. The smallest absolute Gasteiger partial charge is 0.191 e. The lowest BCUT2D eigenvalue weighted by Crippen LogP contribution is -2.39. The molecule has 1 saturated heterocycles. The van der Waals surface area contributed by atoms with Gasteiger partial charge in [-0.1, -0.05) is 0 Å². The summed E-state index contributed by atoms with van der Waals surface area (Å²) >= 11 is 0. The first-order chi connectivity index (χ1) is 11.6. The van der Waals surface area contributed by atoms with E-state index in [2.05, 4.69) is 27.6 Å². The van der Waals surface area contributed by atoms with Crippen molar-refractivity contribution in [2.24, 2.45) is 10.9 Å². The quantitative estimate of drug-likeness (QED) is 0.619. The molecule has 1 aliphatic rings. The van der Waals surface area contributed by atoms with Crippen LogP contribution >= 0.6 is 0 Å². The van der Waals surface area contributed by atoms with Gasteiger partial charge in [0.05, 0.1) is 6.54 Å². The summed E-state index contributed by atoms with van der Waals surface area (Å²) in [5, 5.41) is 6.44. The standard InChI is InChI=1S/C18H28F2N4/c1-3-21-18(22-9-6-14-7-10-24(2)11-8-14)23-13-15-12-16(19)4-5-17(15)20/h4-5,12,14H,3,6-11,13H2,1-2H3,(H2,21,22,23). The first-order valence-electron chi connectivity index (χ1n) is 8.73. The van der Waals surface area contributed by atoms with E-state index < -0.39 is 11.6 Å². The molecule has 0 unspecified atom stereocenters. The van der Waals surface area contributed by atoms with E-state index >= 15 is 0 Å². The molecule has 2 N–H and O–H groups in total. The number of benzene rings is 1. The molecule has 0 aliphatic carbocycles. The van der Waals surface area contributed by atoms with Gasteiger partial charge in [0.2, 0.25) is 0 Å². The van der Waals surface area contributed by atoms with Gasteiger partial charge in [0.25, 0.3) is 0 Å². The largest absolute Gasteiger partial charge is 0.357 e. The van der Waals surface area contributed by atoms with Gasteiger partial charge in [-0.15, -0.1) is 0 Å². The highest BCUT2D eigenvalue weighted by atomic mass is 19.1. The summed E-state index contributed by atoms with van der Waals surface area (Å²) in [6.07, 6.45) is 3.58. The molecule has 24 heavy (non-hydrogen) atoms. The summed E-state index contributed by atoms with van der Waals surface area (Å²) in [5.41, 5.74) is 0.266. The topological polar surface area (TPSA) is 39.7 Å². The molecule has 4 nitrogen and oxygen atoms in total. The molecule has 1 aliphatic heterocycles. The average molecular weight is 338 g/mol. The van der Waals surface area contributed by atoms with Crippen molar-refractivity contribution in [2.45, 2.75) is 32.7 Å². The van der Waals surface area contributed by atoms with E-state index in [4.69, 9.17) is 0 Å². The lowest BCUT2D eigenvalue weighted by atomic mass is 9.94. The number of halogens is 2. The van der Waals surface area contributed by atoms with Gasteiger partial charge in [0, 0.05) is 18.7 Å². The molecular weight excluding hydrogens is 310 g/mol. The van der Waals surface area contributed by atoms with Gasteiger partial charge in [0.15, 0.2) is 5.96 Å². The molecular formula is C18H28F2N4. The van der Waals surface area contributed by atoms with Crippen LogP contribution in [0.2, 0.25) is 0 Å². The Hall–Kier alpha value is -1.69. The SMILES string of the molecule is CCNC(=NCc1cc(F)ccc1F)NCCC1CCN(C)CC1. The lowest BCUT2D eigenvalue weighted by molar-refractivity contribution is 0.213.